The third kappa shape index (κ3) is 3.85. The van der Waals surface area contributed by atoms with Crippen molar-refractivity contribution in [3.05, 3.63) is 48.8 Å². The highest BCUT2D eigenvalue weighted by Gasteiger charge is 2.25. The summed E-state index contributed by atoms with van der Waals surface area (Å²) in [4.78, 5) is 36.1. The lowest BCUT2D eigenvalue weighted by atomic mass is 9.96. The molecule has 1 aliphatic heterocycles. The molecule has 6 heteroatoms. The summed E-state index contributed by atoms with van der Waals surface area (Å²) in [6.07, 6.45) is 12.0. The van der Waals surface area contributed by atoms with E-state index in [1.807, 2.05) is 18.2 Å². The van der Waals surface area contributed by atoms with E-state index in [-0.39, 0.29) is 17.7 Å². The van der Waals surface area contributed by atoms with Crippen molar-refractivity contribution >= 4 is 29.0 Å². The number of amides is 2. The van der Waals surface area contributed by atoms with Crippen LogP contribution in [0.5, 0.6) is 0 Å². The van der Waals surface area contributed by atoms with E-state index in [4.69, 9.17) is 0 Å². The third-order valence-corrected chi connectivity index (χ3v) is 3.53. The average molecular weight is 308 g/mol. The standard InChI is InChI=1S/C17H16N4O2/c22-16(19-12-8-10-18-11-9-12)7-3-6-15-20-14-5-2-1-4-13(14)17(23)21-15/h1-2,4-5,8-11,13H,3,6-7H2,(H,18,19,22). The molecule has 1 aliphatic carbocycles. The van der Waals surface area contributed by atoms with E-state index in [0.29, 0.717) is 25.1 Å². The molecule has 0 bridgehead atoms. The minimum Gasteiger partial charge on any atom is -0.326 e. The highest BCUT2D eigenvalue weighted by atomic mass is 16.2. The van der Waals surface area contributed by atoms with Crippen molar-refractivity contribution < 1.29 is 9.59 Å². The first-order valence-electron chi connectivity index (χ1n) is 7.47. The van der Waals surface area contributed by atoms with Crippen molar-refractivity contribution in [1.82, 2.24) is 4.98 Å². The zero-order valence-corrected chi connectivity index (χ0v) is 12.5. The molecule has 1 aromatic heterocycles. The van der Waals surface area contributed by atoms with E-state index >= 15 is 0 Å². The maximum absolute atomic E-state index is 11.9. The van der Waals surface area contributed by atoms with Gasteiger partial charge in [0.05, 0.1) is 5.71 Å². The van der Waals surface area contributed by atoms with Crippen LogP contribution < -0.4 is 5.32 Å². The number of allylic oxidation sites excluding steroid dienone is 3. The molecule has 23 heavy (non-hydrogen) atoms. The lowest BCUT2D eigenvalue weighted by Gasteiger charge is -2.17. The lowest BCUT2D eigenvalue weighted by molar-refractivity contribution is -0.118. The molecule has 0 fully saturated rings. The van der Waals surface area contributed by atoms with Crippen LogP contribution >= 0.6 is 0 Å². The van der Waals surface area contributed by atoms with Crippen molar-refractivity contribution in [1.29, 1.82) is 0 Å². The van der Waals surface area contributed by atoms with E-state index in [1.54, 1.807) is 30.6 Å². The Morgan fingerprint density at radius 1 is 1.17 bits per heavy atom. The summed E-state index contributed by atoms with van der Waals surface area (Å²) in [5.74, 6) is -0.117. The molecule has 0 aromatic carbocycles. The molecule has 1 atom stereocenters. The second-order valence-corrected chi connectivity index (χ2v) is 5.26. The number of aliphatic imine (C=N–C) groups is 2. The number of hydrogen-bond acceptors (Lipinski definition) is 4. The monoisotopic (exact) mass is 308 g/mol. The molecule has 2 heterocycles. The van der Waals surface area contributed by atoms with Crippen molar-refractivity contribution in [3.8, 4) is 0 Å². The molecule has 3 rings (SSSR count). The van der Waals surface area contributed by atoms with Crippen LogP contribution in [0, 0.1) is 5.92 Å². The van der Waals surface area contributed by atoms with Crippen molar-refractivity contribution in [2.45, 2.75) is 19.3 Å². The Balaban J connectivity index is 1.50. The van der Waals surface area contributed by atoms with Gasteiger partial charge in [-0.2, -0.15) is 4.99 Å². The molecule has 0 radical (unpaired) electrons. The van der Waals surface area contributed by atoms with Gasteiger partial charge in [0.2, 0.25) is 5.91 Å². The minimum absolute atomic E-state index is 0.0787. The number of nitrogens with zero attached hydrogens (tertiary/aromatic N) is 3. The van der Waals surface area contributed by atoms with E-state index < -0.39 is 0 Å². The number of nitrogens with one attached hydrogen (secondary N) is 1. The van der Waals surface area contributed by atoms with Crippen molar-refractivity contribution in [2.24, 2.45) is 15.9 Å². The predicted octanol–water partition coefficient (Wildman–Crippen LogP) is 2.31. The summed E-state index contributed by atoms with van der Waals surface area (Å²) in [5, 5.41) is 2.79. The van der Waals surface area contributed by atoms with Gasteiger partial charge in [-0.1, -0.05) is 18.2 Å². The van der Waals surface area contributed by atoms with Crippen molar-refractivity contribution in [2.75, 3.05) is 5.32 Å². The Bertz CT molecular complexity index is 732. The van der Waals surface area contributed by atoms with Crippen molar-refractivity contribution in [3.63, 3.8) is 0 Å². The highest BCUT2D eigenvalue weighted by molar-refractivity contribution is 6.21. The topological polar surface area (TPSA) is 83.8 Å². The Labute approximate surface area is 133 Å². The number of hydrogen-bond donors (Lipinski definition) is 1. The third-order valence-electron chi connectivity index (χ3n) is 3.53. The first-order valence-corrected chi connectivity index (χ1v) is 7.47. The van der Waals surface area contributed by atoms with Crippen LogP contribution in [0.2, 0.25) is 0 Å². The lowest BCUT2D eigenvalue weighted by Crippen LogP contribution is -2.27. The van der Waals surface area contributed by atoms with Gasteiger partial charge in [0.25, 0.3) is 5.91 Å². The number of carbonyl (C=O) groups is 2. The minimum atomic E-state index is -0.348. The fraction of sp³-hybridized carbons (Fsp3) is 0.235. The van der Waals surface area contributed by atoms with Crippen LogP contribution in [-0.4, -0.2) is 28.3 Å². The molecule has 2 aliphatic rings. The van der Waals surface area contributed by atoms with Crippen LogP contribution in [0.25, 0.3) is 0 Å². The Morgan fingerprint density at radius 2 is 2.00 bits per heavy atom. The van der Waals surface area contributed by atoms with Crippen LogP contribution in [-0.2, 0) is 9.59 Å². The Morgan fingerprint density at radius 3 is 2.83 bits per heavy atom. The van der Waals surface area contributed by atoms with Gasteiger partial charge in [-0.15, -0.1) is 0 Å². The van der Waals surface area contributed by atoms with Crippen LogP contribution in [0.1, 0.15) is 19.3 Å². The van der Waals surface area contributed by atoms with Gasteiger partial charge in [0.15, 0.2) is 0 Å². The van der Waals surface area contributed by atoms with Crippen LogP contribution in [0.4, 0.5) is 5.69 Å². The number of anilines is 1. The second-order valence-electron chi connectivity index (χ2n) is 5.26. The zero-order chi connectivity index (χ0) is 16.1. The first-order chi connectivity index (χ1) is 11.2. The van der Waals surface area contributed by atoms with E-state index in [9.17, 15) is 9.59 Å². The van der Waals surface area contributed by atoms with Gasteiger partial charge in [0.1, 0.15) is 11.8 Å². The Kier molecular flexibility index (Phi) is 4.52. The largest absolute Gasteiger partial charge is 0.326 e. The number of amidine groups is 1. The molecule has 1 aromatic rings. The van der Waals surface area contributed by atoms with Gasteiger partial charge < -0.3 is 5.32 Å². The number of carbonyl (C=O) groups excluding carboxylic acids is 2. The first kappa shape index (κ1) is 15.0. The molecular formula is C17H16N4O2. The predicted molar refractivity (Wildman–Crippen MR) is 88.4 cm³/mol. The molecule has 6 nitrogen and oxygen atoms in total. The summed E-state index contributed by atoms with van der Waals surface area (Å²) in [6.45, 7) is 0. The number of fused-ring (bicyclic) bond motifs is 1. The molecule has 1 unspecified atom stereocenters. The smallest absolute Gasteiger partial charge is 0.260 e. The van der Waals surface area contributed by atoms with Crippen LogP contribution in [0.15, 0.2) is 58.8 Å². The van der Waals surface area contributed by atoms with Gasteiger partial charge in [-0.25, -0.2) is 4.99 Å². The molecule has 0 saturated carbocycles. The normalized spacial score (nSPS) is 19.0. The fourth-order valence-corrected chi connectivity index (χ4v) is 2.40. The van der Waals surface area contributed by atoms with E-state index in [0.717, 1.165) is 11.4 Å². The van der Waals surface area contributed by atoms with E-state index in [2.05, 4.69) is 20.3 Å². The average Bonchev–Trinajstić information content (AvgIpc) is 2.56. The summed E-state index contributed by atoms with van der Waals surface area (Å²) >= 11 is 0. The summed E-state index contributed by atoms with van der Waals surface area (Å²) in [7, 11) is 0. The SMILES string of the molecule is O=C(CCCC1=NC(=O)C2C=CC=CC2=N1)Nc1ccncc1. The number of aromatic nitrogens is 1. The fourth-order valence-electron chi connectivity index (χ4n) is 2.40. The van der Waals surface area contributed by atoms with Gasteiger partial charge in [-0.05, 0) is 24.6 Å². The maximum atomic E-state index is 11.9. The number of rotatable bonds is 5. The van der Waals surface area contributed by atoms with E-state index in [1.165, 1.54) is 0 Å². The molecule has 1 N–H and O–H groups in total. The molecule has 2 amide bonds. The summed E-state index contributed by atoms with van der Waals surface area (Å²) < 4.78 is 0. The summed E-state index contributed by atoms with van der Waals surface area (Å²) in [5.41, 5.74) is 1.45. The molecular weight excluding hydrogens is 292 g/mol. The number of pyridine rings is 1. The second kappa shape index (κ2) is 6.91. The zero-order valence-electron chi connectivity index (χ0n) is 12.5. The van der Waals surface area contributed by atoms with Gasteiger partial charge in [0, 0.05) is 30.9 Å². The molecule has 116 valence electrons. The van der Waals surface area contributed by atoms with Gasteiger partial charge >= 0.3 is 0 Å². The Hall–Kier alpha value is -2.89. The summed E-state index contributed by atoms with van der Waals surface area (Å²) in [6, 6.07) is 3.47. The van der Waals surface area contributed by atoms with Gasteiger partial charge in [-0.3, -0.25) is 14.6 Å². The van der Waals surface area contributed by atoms with Crippen LogP contribution in [0.3, 0.4) is 0 Å². The quantitative estimate of drug-likeness (QED) is 0.906. The highest BCUT2D eigenvalue weighted by Crippen LogP contribution is 2.18. The molecule has 0 spiro atoms. The maximum Gasteiger partial charge on any atom is 0.260 e. The molecule has 0 saturated heterocycles.